The molecule has 2 aliphatic rings. The van der Waals surface area contributed by atoms with E-state index in [4.69, 9.17) is 4.42 Å². The average Bonchev–Trinajstić information content (AvgIpc) is 3.33. The summed E-state index contributed by atoms with van der Waals surface area (Å²) in [6.07, 6.45) is 9.52. The van der Waals surface area contributed by atoms with E-state index in [2.05, 4.69) is 15.2 Å². The Hall–Kier alpha value is -1.80. The van der Waals surface area contributed by atoms with Crippen LogP contribution in [-0.2, 0) is 10.0 Å². The van der Waals surface area contributed by atoms with Gasteiger partial charge in [-0.1, -0.05) is 19.3 Å². The molecule has 4 rings (SSSR count). The average molecular weight is 362 g/mol. The molecule has 2 aromatic heterocycles. The molecule has 8 heteroatoms. The highest BCUT2D eigenvalue weighted by Gasteiger charge is 2.42. The van der Waals surface area contributed by atoms with Gasteiger partial charge in [0.2, 0.25) is 21.8 Å². The standard InChI is InChI=1S/C17H22N4O3S/c22-25(23,14-7-2-1-3-8-14)21-11-5-9-15(21)17-20-19-16(24-17)13-6-4-10-18-12-13/h4,6,10,12,14-15H,1-3,5,7-9,11H2/t15-/m0/s1. The minimum absolute atomic E-state index is 0.262. The molecule has 0 aromatic carbocycles. The summed E-state index contributed by atoms with van der Waals surface area (Å²) in [5.74, 6) is 0.765. The number of hydrogen-bond acceptors (Lipinski definition) is 6. The Morgan fingerprint density at radius 1 is 1.08 bits per heavy atom. The molecule has 134 valence electrons. The summed E-state index contributed by atoms with van der Waals surface area (Å²) in [7, 11) is -3.32. The molecule has 1 aliphatic carbocycles. The molecular formula is C17H22N4O3S. The fourth-order valence-corrected chi connectivity index (χ4v) is 6.07. The van der Waals surface area contributed by atoms with Crippen LogP contribution >= 0.6 is 0 Å². The molecule has 0 N–H and O–H groups in total. The van der Waals surface area contributed by atoms with E-state index in [1.54, 1.807) is 22.8 Å². The van der Waals surface area contributed by atoms with E-state index in [0.29, 0.717) is 18.3 Å². The topological polar surface area (TPSA) is 89.2 Å². The Morgan fingerprint density at radius 2 is 1.92 bits per heavy atom. The number of hydrogen-bond donors (Lipinski definition) is 0. The predicted molar refractivity (Wildman–Crippen MR) is 92.0 cm³/mol. The van der Waals surface area contributed by atoms with Gasteiger partial charge in [0.05, 0.1) is 10.8 Å². The van der Waals surface area contributed by atoms with Crippen LogP contribution in [0.4, 0.5) is 0 Å². The number of aromatic nitrogens is 3. The lowest BCUT2D eigenvalue weighted by Gasteiger charge is -2.29. The van der Waals surface area contributed by atoms with Crippen LogP contribution in [0.2, 0.25) is 0 Å². The lowest BCUT2D eigenvalue weighted by Crippen LogP contribution is -2.39. The zero-order valence-electron chi connectivity index (χ0n) is 14.0. The van der Waals surface area contributed by atoms with Gasteiger partial charge in [-0.25, -0.2) is 8.42 Å². The maximum absolute atomic E-state index is 13.1. The van der Waals surface area contributed by atoms with Gasteiger partial charge in [0.1, 0.15) is 6.04 Å². The third-order valence-corrected chi connectivity index (χ3v) is 7.54. The smallest absolute Gasteiger partial charge is 0.249 e. The SMILES string of the molecule is O=S(=O)(C1CCCCC1)N1CCC[C@H]1c1nnc(-c2cccnc2)o1. The largest absolute Gasteiger partial charge is 0.419 e. The molecule has 0 unspecified atom stereocenters. The molecule has 1 aliphatic heterocycles. The molecule has 1 saturated heterocycles. The first kappa shape index (κ1) is 16.7. The maximum atomic E-state index is 13.1. The first-order valence-corrected chi connectivity index (χ1v) is 10.4. The molecule has 0 spiro atoms. The molecule has 25 heavy (non-hydrogen) atoms. The van der Waals surface area contributed by atoms with E-state index >= 15 is 0 Å². The van der Waals surface area contributed by atoms with Crippen LogP contribution in [0, 0.1) is 0 Å². The molecule has 2 fully saturated rings. The maximum Gasteiger partial charge on any atom is 0.249 e. The van der Waals surface area contributed by atoms with Crippen LogP contribution in [0.1, 0.15) is 56.9 Å². The summed E-state index contributed by atoms with van der Waals surface area (Å²) in [5.41, 5.74) is 0.737. The molecule has 0 radical (unpaired) electrons. The van der Waals surface area contributed by atoms with Crippen molar-refractivity contribution in [2.24, 2.45) is 0 Å². The van der Waals surface area contributed by atoms with Gasteiger partial charge in [0, 0.05) is 18.9 Å². The first-order chi connectivity index (χ1) is 12.2. The van der Waals surface area contributed by atoms with E-state index in [9.17, 15) is 8.42 Å². The van der Waals surface area contributed by atoms with Crippen molar-refractivity contribution in [1.82, 2.24) is 19.5 Å². The number of rotatable bonds is 4. The number of sulfonamides is 1. The lowest BCUT2D eigenvalue weighted by atomic mass is 10.0. The summed E-state index contributed by atoms with van der Waals surface area (Å²) in [6.45, 7) is 0.536. The molecule has 7 nitrogen and oxygen atoms in total. The summed E-state index contributed by atoms with van der Waals surface area (Å²) in [6, 6.07) is 3.30. The summed E-state index contributed by atoms with van der Waals surface area (Å²) in [5, 5.41) is 7.95. The van der Waals surface area contributed by atoms with Gasteiger partial charge in [-0.2, -0.15) is 4.31 Å². The van der Waals surface area contributed by atoms with Gasteiger partial charge in [-0.05, 0) is 37.8 Å². The van der Waals surface area contributed by atoms with Crippen LogP contribution in [0.5, 0.6) is 0 Å². The van der Waals surface area contributed by atoms with E-state index in [-0.39, 0.29) is 11.3 Å². The minimum atomic E-state index is -3.32. The highest BCUT2D eigenvalue weighted by molar-refractivity contribution is 7.89. The Balaban J connectivity index is 1.58. The fourth-order valence-electron chi connectivity index (χ4n) is 3.82. The molecule has 2 aromatic rings. The molecule has 0 amide bonds. The summed E-state index contributed by atoms with van der Waals surface area (Å²) < 4.78 is 33.5. The van der Waals surface area contributed by atoms with Gasteiger partial charge >= 0.3 is 0 Å². The number of pyridine rings is 1. The van der Waals surface area contributed by atoms with Crippen molar-refractivity contribution in [2.45, 2.75) is 56.2 Å². The van der Waals surface area contributed by atoms with Crippen LogP contribution < -0.4 is 0 Å². The first-order valence-electron chi connectivity index (χ1n) is 8.91. The van der Waals surface area contributed by atoms with Crippen molar-refractivity contribution in [1.29, 1.82) is 0 Å². The van der Waals surface area contributed by atoms with Crippen molar-refractivity contribution >= 4 is 10.0 Å². The van der Waals surface area contributed by atoms with Gasteiger partial charge in [-0.15, -0.1) is 10.2 Å². The lowest BCUT2D eigenvalue weighted by molar-refractivity contribution is 0.323. The second kappa shape index (κ2) is 6.84. The molecule has 1 atom stereocenters. The Labute approximate surface area is 147 Å². The number of nitrogens with zero attached hydrogens (tertiary/aromatic N) is 4. The Morgan fingerprint density at radius 3 is 2.68 bits per heavy atom. The highest BCUT2D eigenvalue weighted by atomic mass is 32.2. The second-order valence-electron chi connectivity index (χ2n) is 6.76. The van der Waals surface area contributed by atoms with Crippen molar-refractivity contribution in [2.75, 3.05) is 6.54 Å². The quantitative estimate of drug-likeness (QED) is 0.831. The Bertz CT molecular complexity index is 815. The monoisotopic (exact) mass is 362 g/mol. The van der Waals surface area contributed by atoms with Crippen LogP contribution in [0.15, 0.2) is 28.9 Å². The van der Waals surface area contributed by atoms with Crippen LogP contribution in [0.25, 0.3) is 11.5 Å². The molecule has 1 saturated carbocycles. The van der Waals surface area contributed by atoms with Gasteiger partial charge < -0.3 is 4.42 Å². The zero-order chi connectivity index (χ0) is 17.3. The zero-order valence-corrected chi connectivity index (χ0v) is 14.9. The normalized spacial score (nSPS) is 23.1. The minimum Gasteiger partial charge on any atom is -0.419 e. The third kappa shape index (κ3) is 3.20. The molecule has 3 heterocycles. The van der Waals surface area contributed by atoms with Crippen molar-refractivity contribution in [3.8, 4) is 11.5 Å². The summed E-state index contributed by atoms with van der Waals surface area (Å²) in [4.78, 5) is 4.05. The highest BCUT2D eigenvalue weighted by Crippen LogP contribution is 2.38. The second-order valence-corrected chi connectivity index (χ2v) is 8.93. The Kier molecular flexibility index (Phi) is 4.56. The molecular weight excluding hydrogens is 340 g/mol. The van der Waals surface area contributed by atoms with E-state index in [1.165, 1.54) is 0 Å². The molecule has 0 bridgehead atoms. The van der Waals surface area contributed by atoms with E-state index in [0.717, 1.165) is 50.5 Å². The summed E-state index contributed by atoms with van der Waals surface area (Å²) >= 11 is 0. The van der Waals surface area contributed by atoms with Gasteiger partial charge in [0.25, 0.3) is 0 Å². The van der Waals surface area contributed by atoms with Crippen molar-refractivity contribution in [3.05, 3.63) is 30.4 Å². The fraction of sp³-hybridized carbons (Fsp3) is 0.588. The van der Waals surface area contributed by atoms with Crippen molar-refractivity contribution in [3.63, 3.8) is 0 Å². The van der Waals surface area contributed by atoms with E-state index < -0.39 is 10.0 Å². The van der Waals surface area contributed by atoms with Crippen molar-refractivity contribution < 1.29 is 12.8 Å². The van der Waals surface area contributed by atoms with Crippen LogP contribution in [0.3, 0.4) is 0 Å². The predicted octanol–water partition coefficient (Wildman–Crippen LogP) is 2.93. The van der Waals surface area contributed by atoms with Gasteiger partial charge in [-0.3, -0.25) is 4.98 Å². The van der Waals surface area contributed by atoms with E-state index in [1.807, 2.05) is 6.07 Å². The third-order valence-electron chi connectivity index (χ3n) is 5.14. The van der Waals surface area contributed by atoms with Crippen LogP contribution in [-0.4, -0.2) is 39.7 Å². The van der Waals surface area contributed by atoms with Gasteiger partial charge in [0.15, 0.2) is 0 Å².